The van der Waals surface area contributed by atoms with E-state index >= 15 is 0 Å². The topological polar surface area (TPSA) is 113 Å². The molecule has 1 atom stereocenters. The van der Waals surface area contributed by atoms with Crippen LogP contribution in [0, 0.1) is 22.7 Å². The predicted molar refractivity (Wildman–Crippen MR) is 112 cm³/mol. The van der Waals surface area contributed by atoms with Gasteiger partial charge in [-0.25, -0.2) is 9.78 Å². The molecule has 0 aliphatic heterocycles. The number of methoxy groups -OCH3 is 1. The Hall–Kier alpha value is -4.05. The number of para-hydroxylation sites is 1. The second-order valence-corrected chi connectivity index (χ2v) is 6.59. The molecular formula is C23H19N3O4. The van der Waals surface area contributed by atoms with Gasteiger partial charge < -0.3 is 14.9 Å². The first-order valence-electron chi connectivity index (χ1n) is 9.13. The SMILES string of the molecule is COc1ccc(-c2cc(C(=O)OCC(=O)C(C#N)C(C)=N)c3ccccc3n2)cc1. The lowest BCUT2D eigenvalue weighted by molar-refractivity contribution is -0.122. The molecule has 30 heavy (non-hydrogen) atoms. The van der Waals surface area contributed by atoms with Gasteiger partial charge in [-0.05, 0) is 43.3 Å². The first-order valence-corrected chi connectivity index (χ1v) is 9.13. The Morgan fingerprint density at radius 2 is 1.87 bits per heavy atom. The van der Waals surface area contributed by atoms with E-state index in [2.05, 4.69) is 4.98 Å². The molecule has 0 fully saturated rings. The summed E-state index contributed by atoms with van der Waals surface area (Å²) in [6.07, 6.45) is 0. The minimum atomic E-state index is -1.22. The number of benzene rings is 2. The zero-order chi connectivity index (χ0) is 21.7. The van der Waals surface area contributed by atoms with Gasteiger partial charge in [-0.2, -0.15) is 5.26 Å². The van der Waals surface area contributed by atoms with Crippen LogP contribution >= 0.6 is 0 Å². The Morgan fingerprint density at radius 1 is 1.17 bits per heavy atom. The summed E-state index contributed by atoms with van der Waals surface area (Å²) >= 11 is 0. The van der Waals surface area contributed by atoms with Gasteiger partial charge in [0, 0.05) is 16.7 Å². The predicted octanol–water partition coefficient (Wildman–Crippen LogP) is 3.82. The minimum Gasteiger partial charge on any atom is -0.497 e. The van der Waals surface area contributed by atoms with Crippen LogP contribution < -0.4 is 4.74 Å². The van der Waals surface area contributed by atoms with Gasteiger partial charge >= 0.3 is 5.97 Å². The maximum absolute atomic E-state index is 12.8. The monoisotopic (exact) mass is 401 g/mol. The zero-order valence-electron chi connectivity index (χ0n) is 16.5. The van der Waals surface area contributed by atoms with Crippen LogP contribution in [0.4, 0.5) is 0 Å². The average molecular weight is 401 g/mol. The number of hydrogen-bond donors (Lipinski definition) is 1. The molecule has 7 nitrogen and oxygen atoms in total. The van der Waals surface area contributed by atoms with Crippen molar-refractivity contribution < 1.29 is 19.1 Å². The largest absolute Gasteiger partial charge is 0.497 e. The number of fused-ring (bicyclic) bond motifs is 1. The van der Waals surface area contributed by atoms with E-state index in [1.807, 2.05) is 18.2 Å². The Morgan fingerprint density at radius 3 is 2.50 bits per heavy atom. The van der Waals surface area contributed by atoms with Gasteiger partial charge in [0.25, 0.3) is 0 Å². The van der Waals surface area contributed by atoms with Crippen LogP contribution in [0.15, 0.2) is 54.6 Å². The number of hydrogen-bond acceptors (Lipinski definition) is 7. The fourth-order valence-corrected chi connectivity index (χ4v) is 2.96. The number of esters is 1. The van der Waals surface area contributed by atoms with Gasteiger partial charge in [-0.15, -0.1) is 0 Å². The van der Waals surface area contributed by atoms with Crippen molar-refractivity contribution in [1.29, 1.82) is 10.7 Å². The van der Waals surface area contributed by atoms with E-state index in [-0.39, 0.29) is 11.3 Å². The van der Waals surface area contributed by atoms with Crippen molar-refractivity contribution in [2.75, 3.05) is 13.7 Å². The van der Waals surface area contributed by atoms with Crippen molar-refractivity contribution in [3.8, 4) is 23.1 Å². The number of nitrogens with zero attached hydrogens (tertiary/aromatic N) is 2. The molecule has 7 heteroatoms. The highest BCUT2D eigenvalue weighted by atomic mass is 16.5. The van der Waals surface area contributed by atoms with E-state index in [9.17, 15) is 9.59 Å². The third-order valence-corrected chi connectivity index (χ3v) is 4.55. The van der Waals surface area contributed by atoms with Crippen molar-refractivity contribution in [2.45, 2.75) is 6.92 Å². The number of nitriles is 1. The second-order valence-electron chi connectivity index (χ2n) is 6.59. The molecule has 0 saturated heterocycles. The second kappa shape index (κ2) is 8.97. The van der Waals surface area contributed by atoms with Gasteiger partial charge in [0.2, 0.25) is 0 Å². The molecular weight excluding hydrogens is 382 g/mol. The van der Waals surface area contributed by atoms with Crippen LogP contribution in [0.3, 0.4) is 0 Å². The smallest absolute Gasteiger partial charge is 0.339 e. The summed E-state index contributed by atoms with van der Waals surface area (Å²) in [7, 11) is 1.58. The number of ether oxygens (including phenoxy) is 2. The van der Waals surface area contributed by atoms with Crippen LogP contribution in [0.1, 0.15) is 17.3 Å². The molecule has 150 valence electrons. The quantitative estimate of drug-likeness (QED) is 0.476. The molecule has 0 spiro atoms. The fourth-order valence-electron chi connectivity index (χ4n) is 2.96. The normalized spacial score (nSPS) is 11.4. The molecule has 0 bridgehead atoms. The van der Waals surface area contributed by atoms with Gasteiger partial charge in [0.15, 0.2) is 12.4 Å². The first-order chi connectivity index (χ1) is 14.4. The van der Waals surface area contributed by atoms with Crippen molar-refractivity contribution >= 4 is 28.4 Å². The van der Waals surface area contributed by atoms with E-state index in [1.165, 1.54) is 6.92 Å². The summed E-state index contributed by atoms with van der Waals surface area (Å²) in [5, 5.41) is 17.1. The lowest BCUT2D eigenvalue weighted by Crippen LogP contribution is -2.25. The Labute approximate surface area is 173 Å². The lowest BCUT2D eigenvalue weighted by Gasteiger charge is -2.11. The van der Waals surface area contributed by atoms with Crippen molar-refractivity contribution in [1.82, 2.24) is 4.98 Å². The summed E-state index contributed by atoms with van der Waals surface area (Å²) in [4.78, 5) is 29.5. The highest BCUT2D eigenvalue weighted by Crippen LogP contribution is 2.26. The first kappa shape index (κ1) is 20.7. The highest BCUT2D eigenvalue weighted by Gasteiger charge is 2.23. The molecule has 1 heterocycles. The molecule has 2 aromatic carbocycles. The van der Waals surface area contributed by atoms with Gasteiger partial charge in [0.05, 0.1) is 30.0 Å². The zero-order valence-corrected chi connectivity index (χ0v) is 16.5. The number of nitrogens with one attached hydrogen (secondary N) is 1. The Kier molecular flexibility index (Phi) is 6.18. The average Bonchev–Trinajstić information content (AvgIpc) is 2.77. The number of pyridine rings is 1. The van der Waals surface area contributed by atoms with E-state index in [0.29, 0.717) is 22.3 Å². The maximum Gasteiger partial charge on any atom is 0.339 e. The number of rotatable bonds is 7. The molecule has 0 aliphatic rings. The standard InChI is InChI=1S/C23H19N3O4/c1-14(25)19(12-24)22(27)13-30-23(28)18-11-21(15-7-9-16(29-2)10-8-15)26-20-6-4-3-5-17(18)20/h3-11,19,25H,13H2,1-2H3. The van der Waals surface area contributed by atoms with Crippen LogP contribution in [0.2, 0.25) is 0 Å². The number of carbonyl (C=O) groups is 2. The third-order valence-electron chi connectivity index (χ3n) is 4.55. The molecule has 3 aromatic rings. The van der Waals surface area contributed by atoms with Crippen LogP contribution in [0.5, 0.6) is 5.75 Å². The summed E-state index contributed by atoms with van der Waals surface area (Å²) in [6, 6.07) is 17.7. The molecule has 1 aromatic heterocycles. The summed E-state index contributed by atoms with van der Waals surface area (Å²) in [5.41, 5.74) is 2.14. The van der Waals surface area contributed by atoms with Crippen LogP contribution in [-0.2, 0) is 9.53 Å². The Bertz CT molecular complexity index is 1160. The fraction of sp³-hybridized carbons (Fsp3) is 0.174. The molecule has 3 rings (SSSR count). The number of aromatic nitrogens is 1. The number of ketones is 1. The van der Waals surface area contributed by atoms with Crippen molar-refractivity contribution in [3.05, 3.63) is 60.2 Å². The molecule has 0 amide bonds. The van der Waals surface area contributed by atoms with Gasteiger partial charge in [-0.3, -0.25) is 4.79 Å². The van der Waals surface area contributed by atoms with Gasteiger partial charge in [0.1, 0.15) is 11.7 Å². The molecule has 0 aliphatic carbocycles. The number of carbonyl (C=O) groups excluding carboxylic acids is 2. The third kappa shape index (κ3) is 4.33. The molecule has 0 radical (unpaired) electrons. The summed E-state index contributed by atoms with van der Waals surface area (Å²) in [5.74, 6) is -1.85. The van der Waals surface area contributed by atoms with E-state index in [1.54, 1.807) is 49.6 Å². The van der Waals surface area contributed by atoms with E-state index < -0.39 is 24.3 Å². The van der Waals surface area contributed by atoms with E-state index in [0.717, 1.165) is 5.56 Å². The number of Topliss-reactive ketones (excluding diaryl/α,β-unsaturated/α-hetero) is 1. The Balaban J connectivity index is 1.94. The van der Waals surface area contributed by atoms with Crippen LogP contribution in [0.25, 0.3) is 22.2 Å². The molecule has 1 unspecified atom stereocenters. The van der Waals surface area contributed by atoms with Gasteiger partial charge in [-0.1, -0.05) is 18.2 Å². The molecule has 1 N–H and O–H groups in total. The molecule has 0 saturated carbocycles. The van der Waals surface area contributed by atoms with Crippen molar-refractivity contribution in [3.63, 3.8) is 0 Å². The minimum absolute atomic E-state index is 0.0882. The maximum atomic E-state index is 12.8. The summed E-state index contributed by atoms with van der Waals surface area (Å²) < 4.78 is 10.3. The van der Waals surface area contributed by atoms with Crippen LogP contribution in [-0.4, -0.2) is 36.2 Å². The summed E-state index contributed by atoms with van der Waals surface area (Å²) in [6.45, 7) is 0.785. The van der Waals surface area contributed by atoms with E-state index in [4.69, 9.17) is 20.1 Å². The van der Waals surface area contributed by atoms with Crippen molar-refractivity contribution in [2.24, 2.45) is 5.92 Å². The lowest BCUT2D eigenvalue weighted by atomic mass is 10.0. The highest BCUT2D eigenvalue weighted by molar-refractivity contribution is 6.08.